The van der Waals surface area contributed by atoms with E-state index >= 15 is 0 Å². The second kappa shape index (κ2) is 10.4. The van der Waals surface area contributed by atoms with Crippen LogP contribution in [-0.2, 0) is 9.53 Å². The Kier molecular flexibility index (Phi) is 7.34. The molecule has 0 spiro atoms. The molecule has 0 radical (unpaired) electrons. The minimum absolute atomic E-state index is 0.00443. The number of hydrogen-bond acceptors (Lipinski definition) is 6. The third kappa shape index (κ3) is 6.24. The average molecular weight is 466 g/mol. The van der Waals surface area contributed by atoms with E-state index in [0.29, 0.717) is 19.0 Å². The molecule has 2 aliphatic heterocycles. The lowest BCUT2D eigenvalue weighted by atomic mass is 9.89. The highest BCUT2D eigenvalue weighted by molar-refractivity contribution is 5.92. The minimum Gasteiger partial charge on any atom is -0.444 e. The number of carbonyl (C=O) groups excluding carboxylic acids is 2. The Bertz CT molecular complexity index is 958. The van der Waals surface area contributed by atoms with Crippen molar-refractivity contribution in [2.24, 2.45) is 5.92 Å². The number of aromatic nitrogens is 2. The molecule has 34 heavy (non-hydrogen) atoms. The SMILES string of the molecule is CC(C)(C)OC(=O)N1CCC(c2ccc(NC(=O)C3CCN(c4cccnn4)CC3)cc2)CC1. The van der Waals surface area contributed by atoms with E-state index in [1.54, 1.807) is 11.1 Å². The summed E-state index contributed by atoms with van der Waals surface area (Å²) in [6, 6.07) is 12.0. The molecule has 1 aromatic carbocycles. The van der Waals surface area contributed by atoms with Crippen LogP contribution in [0.3, 0.4) is 0 Å². The van der Waals surface area contributed by atoms with Gasteiger partial charge in [-0.2, -0.15) is 5.10 Å². The molecule has 0 atom stereocenters. The Morgan fingerprint density at radius 1 is 0.971 bits per heavy atom. The summed E-state index contributed by atoms with van der Waals surface area (Å²) in [6.45, 7) is 8.68. The van der Waals surface area contributed by atoms with E-state index in [-0.39, 0.29) is 17.9 Å². The third-order valence-corrected chi connectivity index (χ3v) is 6.54. The maximum absolute atomic E-state index is 12.8. The summed E-state index contributed by atoms with van der Waals surface area (Å²) in [5, 5.41) is 11.2. The Balaban J connectivity index is 1.23. The first-order chi connectivity index (χ1) is 16.3. The van der Waals surface area contributed by atoms with Gasteiger partial charge in [-0.05, 0) is 82.2 Å². The zero-order chi connectivity index (χ0) is 24.1. The minimum atomic E-state index is -0.470. The number of anilines is 2. The molecule has 0 saturated carbocycles. The van der Waals surface area contributed by atoms with Gasteiger partial charge in [0.25, 0.3) is 0 Å². The topological polar surface area (TPSA) is 87.7 Å². The maximum atomic E-state index is 12.8. The monoisotopic (exact) mass is 465 g/mol. The summed E-state index contributed by atoms with van der Waals surface area (Å²) in [6.07, 6.45) is 4.87. The van der Waals surface area contributed by atoms with Gasteiger partial charge in [-0.25, -0.2) is 4.79 Å². The van der Waals surface area contributed by atoms with Crippen LogP contribution in [0.5, 0.6) is 0 Å². The van der Waals surface area contributed by atoms with Crippen molar-refractivity contribution in [3.63, 3.8) is 0 Å². The number of rotatable bonds is 4. The summed E-state index contributed by atoms with van der Waals surface area (Å²) in [7, 11) is 0. The largest absolute Gasteiger partial charge is 0.444 e. The predicted molar refractivity (Wildman–Crippen MR) is 132 cm³/mol. The Hall–Kier alpha value is -3.16. The summed E-state index contributed by atoms with van der Waals surface area (Å²) in [4.78, 5) is 29.0. The Labute approximate surface area is 201 Å². The molecule has 2 aliphatic rings. The van der Waals surface area contributed by atoms with Gasteiger partial charge in [-0.1, -0.05) is 12.1 Å². The van der Waals surface area contributed by atoms with Crippen molar-refractivity contribution in [2.75, 3.05) is 36.4 Å². The van der Waals surface area contributed by atoms with Crippen molar-refractivity contribution in [1.29, 1.82) is 0 Å². The second-order valence-corrected chi connectivity index (χ2v) is 10.2. The fourth-order valence-electron chi connectivity index (χ4n) is 4.64. The van der Waals surface area contributed by atoms with Crippen LogP contribution in [-0.4, -0.2) is 58.9 Å². The van der Waals surface area contributed by atoms with Gasteiger partial charge in [-0.15, -0.1) is 5.10 Å². The lowest BCUT2D eigenvalue weighted by Gasteiger charge is -2.33. The fourth-order valence-corrected chi connectivity index (χ4v) is 4.64. The first kappa shape index (κ1) is 24.0. The molecule has 0 unspecified atom stereocenters. The summed E-state index contributed by atoms with van der Waals surface area (Å²) in [5.74, 6) is 1.37. The number of amides is 2. The highest BCUT2D eigenvalue weighted by atomic mass is 16.6. The summed E-state index contributed by atoms with van der Waals surface area (Å²) < 4.78 is 5.49. The Morgan fingerprint density at radius 2 is 1.65 bits per heavy atom. The quantitative estimate of drug-likeness (QED) is 0.718. The van der Waals surface area contributed by atoms with Crippen LogP contribution in [0.4, 0.5) is 16.3 Å². The van der Waals surface area contributed by atoms with Gasteiger partial charge >= 0.3 is 6.09 Å². The van der Waals surface area contributed by atoms with Crippen LogP contribution in [0.2, 0.25) is 0 Å². The van der Waals surface area contributed by atoms with Crippen molar-refractivity contribution >= 4 is 23.5 Å². The van der Waals surface area contributed by atoms with Crippen LogP contribution in [0.15, 0.2) is 42.6 Å². The number of ether oxygens (including phenoxy) is 1. The maximum Gasteiger partial charge on any atom is 0.410 e. The first-order valence-corrected chi connectivity index (χ1v) is 12.2. The molecule has 2 fully saturated rings. The Morgan fingerprint density at radius 3 is 2.24 bits per heavy atom. The average Bonchev–Trinajstić information content (AvgIpc) is 2.84. The zero-order valence-corrected chi connectivity index (χ0v) is 20.4. The van der Waals surface area contributed by atoms with Crippen molar-refractivity contribution in [3.05, 3.63) is 48.2 Å². The van der Waals surface area contributed by atoms with Gasteiger partial charge in [0.2, 0.25) is 5.91 Å². The van der Waals surface area contributed by atoms with Crippen LogP contribution in [0.1, 0.15) is 57.9 Å². The zero-order valence-electron chi connectivity index (χ0n) is 20.4. The number of nitrogens with one attached hydrogen (secondary N) is 1. The highest BCUT2D eigenvalue weighted by Crippen LogP contribution is 2.30. The van der Waals surface area contributed by atoms with E-state index in [9.17, 15) is 9.59 Å². The number of carbonyl (C=O) groups is 2. The first-order valence-electron chi connectivity index (χ1n) is 12.2. The van der Waals surface area contributed by atoms with E-state index in [1.165, 1.54) is 5.56 Å². The van der Waals surface area contributed by atoms with E-state index in [4.69, 9.17) is 4.74 Å². The molecule has 8 heteroatoms. The van der Waals surface area contributed by atoms with Gasteiger partial charge in [0.05, 0.1) is 0 Å². The van der Waals surface area contributed by atoms with Crippen molar-refractivity contribution in [2.45, 2.75) is 58.0 Å². The molecule has 1 aromatic heterocycles. The van der Waals surface area contributed by atoms with Crippen molar-refractivity contribution in [3.8, 4) is 0 Å². The number of benzene rings is 1. The van der Waals surface area contributed by atoms with Gasteiger partial charge < -0.3 is 19.9 Å². The molecule has 8 nitrogen and oxygen atoms in total. The molecule has 2 saturated heterocycles. The number of hydrogen-bond donors (Lipinski definition) is 1. The van der Waals surface area contributed by atoms with Crippen molar-refractivity contribution < 1.29 is 14.3 Å². The predicted octanol–water partition coefficient (Wildman–Crippen LogP) is 4.45. The molecule has 2 aromatic rings. The van der Waals surface area contributed by atoms with E-state index in [1.807, 2.05) is 45.0 Å². The van der Waals surface area contributed by atoms with Crippen molar-refractivity contribution in [1.82, 2.24) is 15.1 Å². The number of nitrogens with zero attached hydrogens (tertiary/aromatic N) is 4. The van der Waals surface area contributed by atoms with Crippen LogP contribution in [0, 0.1) is 5.92 Å². The van der Waals surface area contributed by atoms with Crippen LogP contribution in [0.25, 0.3) is 0 Å². The van der Waals surface area contributed by atoms with Gasteiger partial charge in [0.15, 0.2) is 5.82 Å². The molecule has 2 amide bonds. The fraction of sp³-hybridized carbons (Fsp3) is 0.538. The van der Waals surface area contributed by atoms with Gasteiger partial charge in [0.1, 0.15) is 5.60 Å². The second-order valence-electron chi connectivity index (χ2n) is 10.2. The number of likely N-dealkylation sites (tertiary alicyclic amines) is 1. The van der Waals surface area contributed by atoms with Gasteiger partial charge in [-0.3, -0.25) is 4.79 Å². The van der Waals surface area contributed by atoms with E-state index in [0.717, 1.165) is 50.3 Å². The molecule has 1 N–H and O–H groups in total. The third-order valence-electron chi connectivity index (χ3n) is 6.54. The van der Waals surface area contributed by atoms with E-state index < -0.39 is 5.60 Å². The molecular formula is C26H35N5O3. The smallest absolute Gasteiger partial charge is 0.410 e. The molecule has 0 bridgehead atoms. The lowest BCUT2D eigenvalue weighted by molar-refractivity contribution is -0.120. The molecule has 4 rings (SSSR count). The summed E-state index contributed by atoms with van der Waals surface area (Å²) >= 11 is 0. The highest BCUT2D eigenvalue weighted by Gasteiger charge is 2.28. The van der Waals surface area contributed by atoms with Crippen LogP contribution >= 0.6 is 0 Å². The molecule has 0 aliphatic carbocycles. The molecule has 3 heterocycles. The summed E-state index contributed by atoms with van der Waals surface area (Å²) in [5.41, 5.74) is 1.61. The number of piperidine rings is 2. The van der Waals surface area contributed by atoms with Crippen LogP contribution < -0.4 is 10.2 Å². The normalized spacial score (nSPS) is 18.0. The molecular weight excluding hydrogens is 430 g/mol. The van der Waals surface area contributed by atoms with E-state index in [2.05, 4.69) is 32.5 Å². The lowest BCUT2D eigenvalue weighted by Crippen LogP contribution is -2.41. The standard InChI is InChI=1S/C26H35N5O3/c1-26(2,3)34-25(33)31-17-10-20(11-18-31)19-6-8-22(9-7-19)28-24(32)21-12-15-30(16-13-21)23-5-4-14-27-29-23/h4-9,14,20-21H,10-13,15-18H2,1-3H3,(H,28,32). The van der Waals surface area contributed by atoms with Gasteiger partial charge in [0, 0.05) is 44.0 Å². The molecule has 182 valence electrons.